The van der Waals surface area contributed by atoms with Crippen LogP contribution in [-0.4, -0.2) is 59.9 Å². The number of hydrogen-bond acceptors (Lipinski definition) is 6. The Bertz CT molecular complexity index is 781. The van der Waals surface area contributed by atoms with Gasteiger partial charge in [-0.05, 0) is 25.4 Å². The zero-order valence-corrected chi connectivity index (χ0v) is 16.0. The van der Waals surface area contributed by atoms with Crippen molar-refractivity contribution in [2.75, 3.05) is 38.1 Å². The number of likely N-dealkylation sites (N-methyl/N-ethyl adjacent to an activating group) is 1. The molecule has 1 atom stereocenters. The average Bonchev–Trinajstić information content (AvgIpc) is 3.10. The van der Waals surface area contributed by atoms with Gasteiger partial charge in [0.15, 0.2) is 0 Å². The van der Waals surface area contributed by atoms with E-state index in [2.05, 4.69) is 33.3 Å². The highest BCUT2D eigenvalue weighted by atomic mass is 32.1. The quantitative estimate of drug-likeness (QED) is 0.809. The fraction of sp³-hybridized carbons (Fsp3) is 0.500. The molecule has 0 unspecified atom stereocenters. The van der Waals surface area contributed by atoms with Crippen LogP contribution in [0.5, 0.6) is 0 Å². The van der Waals surface area contributed by atoms with E-state index in [0.29, 0.717) is 0 Å². The van der Waals surface area contributed by atoms with Crippen molar-refractivity contribution in [3.8, 4) is 0 Å². The molecular weight excluding hydrogens is 350 g/mol. The first-order valence-corrected chi connectivity index (χ1v) is 9.71. The Morgan fingerprint density at radius 3 is 2.77 bits per heavy atom. The van der Waals surface area contributed by atoms with Gasteiger partial charge in [0.05, 0.1) is 11.9 Å². The molecule has 8 heteroatoms. The zero-order chi connectivity index (χ0) is 18.5. The van der Waals surface area contributed by atoms with Crippen LogP contribution in [0.1, 0.15) is 11.8 Å². The summed E-state index contributed by atoms with van der Waals surface area (Å²) in [6.45, 7) is 5.59. The fourth-order valence-corrected chi connectivity index (χ4v) is 3.85. The maximum Gasteiger partial charge on any atom is 0.269 e. The van der Waals surface area contributed by atoms with Crippen LogP contribution in [-0.2, 0) is 17.8 Å². The van der Waals surface area contributed by atoms with Crippen molar-refractivity contribution in [3.63, 3.8) is 0 Å². The van der Waals surface area contributed by atoms with E-state index >= 15 is 0 Å². The third kappa shape index (κ3) is 4.92. The summed E-state index contributed by atoms with van der Waals surface area (Å²) >= 11 is 1.67. The van der Waals surface area contributed by atoms with Gasteiger partial charge in [0.25, 0.3) is 5.56 Å². The number of hydrogen-bond donors (Lipinski definition) is 1. The third-order valence-electron chi connectivity index (χ3n) is 4.51. The molecule has 0 aliphatic carbocycles. The number of thiophene rings is 1. The maximum absolute atomic E-state index is 12.3. The molecule has 0 radical (unpaired) electrons. The highest BCUT2D eigenvalue weighted by molar-refractivity contribution is 7.09. The van der Waals surface area contributed by atoms with E-state index in [0.717, 1.165) is 38.3 Å². The minimum absolute atomic E-state index is 0.0152. The van der Waals surface area contributed by atoms with Crippen LogP contribution in [0.15, 0.2) is 34.6 Å². The molecule has 0 spiro atoms. The smallest absolute Gasteiger partial charge is 0.269 e. The number of carbonyl (C=O) groups is 1. The molecule has 1 aliphatic heterocycles. The molecular formula is C18H25N5O2S. The van der Waals surface area contributed by atoms with Crippen molar-refractivity contribution in [3.05, 3.63) is 45.0 Å². The molecule has 26 heavy (non-hydrogen) atoms. The van der Waals surface area contributed by atoms with Crippen LogP contribution in [0.2, 0.25) is 0 Å². The normalized spacial score (nSPS) is 16.5. The Morgan fingerprint density at radius 1 is 1.35 bits per heavy atom. The van der Waals surface area contributed by atoms with E-state index in [4.69, 9.17) is 0 Å². The fourth-order valence-electron chi connectivity index (χ4n) is 3.02. The molecule has 0 aromatic carbocycles. The van der Waals surface area contributed by atoms with Gasteiger partial charge in [-0.2, -0.15) is 5.10 Å². The molecule has 1 N–H and O–H groups in total. The Balaban J connectivity index is 1.55. The van der Waals surface area contributed by atoms with Crippen LogP contribution in [0.3, 0.4) is 0 Å². The van der Waals surface area contributed by atoms with Gasteiger partial charge in [-0.25, -0.2) is 4.68 Å². The lowest BCUT2D eigenvalue weighted by Gasteiger charge is -2.33. The Labute approximate surface area is 157 Å². The van der Waals surface area contributed by atoms with Crippen molar-refractivity contribution >= 4 is 22.9 Å². The second-order valence-corrected chi connectivity index (χ2v) is 7.78. The Hall–Kier alpha value is -2.19. The molecule has 1 fully saturated rings. The Morgan fingerprint density at radius 2 is 2.12 bits per heavy atom. The van der Waals surface area contributed by atoms with Gasteiger partial charge >= 0.3 is 0 Å². The maximum atomic E-state index is 12.3. The number of carbonyl (C=O) groups excluding carboxylic acids is 1. The predicted molar refractivity (Wildman–Crippen MR) is 104 cm³/mol. The largest absolute Gasteiger partial charge is 0.368 e. The summed E-state index contributed by atoms with van der Waals surface area (Å²) in [5.41, 5.74) is 0.577. The van der Waals surface area contributed by atoms with Gasteiger partial charge in [-0.15, -0.1) is 11.3 Å². The molecule has 0 saturated carbocycles. The first-order valence-electron chi connectivity index (χ1n) is 8.83. The van der Waals surface area contributed by atoms with Crippen LogP contribution in [0.4, 0.5) is 5.69 Å². The lowest BCUT2D eigenvalue weighted by Crippen LogP contribution is -2.45. The van der Waals surface area contributed by atoms with Crippen LogP contribution < -0.4 is 15.8 Å². The van der Waals surface area contributed by atoms with Gasteiger partial charge in [0, 0.05) is 49.6 Å². The summed E-state index contributed by atoms with van der Waals surface area (Å²) in [5.74, 6) is -0.198. The van der Waals surface area contributed by atoms with Crippen molar-refractivity contribution < 1.29 is 4.79 Å². The lowest BCUT2D eigenvalue weighted by molar-refractivity contribution is -0.122. The predicted octanol–water partition coefficient (Wildman–Crippen LogP) is 0.804. The van der Waals surface area contributed by atoms with Gasteiger partial charge in [-0.1, -0.05) is 6.07 Å². The number of rotatable bonds is 6. The van der Waals surface area contributed by atoms with E-state index in [1.807, 2.05) is 18.4 Å². The second-order valence-electron chi connectivity index (χ2n) is 6.75. The Kier molecular flexibility index (Phi) is 6.05. The van der Waals surface area contributed by atoms with Gasteiger partial charge in [-0.3, -0.25) is 9.59 Å². The SMILES string of the molecule is C[C@H](Cc1cccs1)NC(=O)Cn1ncc(N2CCN(C)CC2)cc1=O. The number of nitrogens with zero attached hydrogens (tertiary/aromatic N) is 4. The monoisotopic (exact) mass is 375 g/mol. The summed E-state index contributed by atoms with van der Waals surface area (Å²) in [6.07, 6.45) is 2.46. The minimum atomic E-state index is -0.248. The summed E-state index contributed by atoms with van der Waals surface area (Å²) < 4.78 is 1.22. The number of aromatic nitrogens is 2. The van der Waals surface area contributed by atoms with Crippen molar-refractivity contribution in [2.45, 2.75) is 25.9 Å². The number of anilines is 1. The van der Waals surface area contributed by atoms with Crippen LogP contribution in [0, 0.1) is 0 Å². The number of piperazine rings is 1. The number of amides is 1. The summed E-state index contributed by atoms with van der Waals surface area (Å²) in [6, 6.07) is 5.64. The first-order chi connectivity index (χ1) is 12.5. The standard InChI is InChI=1S/C18H25N5O2S/c1-14(10-16-4-3-9-26-16)20-17(24)13-23-18(25)11-15(12-19-23)22-7-5-21(2)6-8-22/h3-4,9,11-12,14H,5-8,10,13H2,1-2H3,(H,20,24)/t14-/m1/s1. The van der Waals surface area contributed by atoms with E-state index in [-0.39, 0.29) is 24.1 Å². The lowest BCUT2D eigenvalue weighted by atomic mass is 10.2. The first kappa shape index (κ1) is 18.6. The molecule has 1 aliphatic rings. The molecule has 1 amide bonds. The molecule has 7 nitrogen and oxygen atoms in total. The topological polar surface area (TPSA) is 70.5 Å². The van der Waals surface area contributed by atoms with E-state index in [1.54, 1.807) is 23.6 Å². The second kappa shape index (κ2) is 8.46. The van der Waals surface area contributed by atoms with Crippen LogP contribution >= 0.6 is 11.3 Å². The highest BCUT2D eigenvalue weighted by Crippen LogP contribution is 2.12. The van der Waals surface area contributed by atoms with Crippen molar-refractivity contribution in [1.82, 2.24) is 20.0 Å². The molecule has 1 saturated heterocycles. The summed E-state index contributed by atoms with van der Waals surface area (Å²) in [5, 5.41) is 9.14. The zero-order valence-electron chi connectivity index (χ0n) is 15.2. The van der Waals surface area contributed by atoms with E-state index in [9.17, 15) is 9.59 Å². The average molecular weight is 375 g/mol. The molecule has 140 valence electrons. The van der Waals surface area contributed by atoms with Gasteiger partial charge < -0.3 is 15.1 Å². The highest BCUT2D eigenvalue weighted by Gasteiger charge is 2.16. The van der Waals surface area contributed by atoms with Gasteiger partial charge in [0.1, 0.15) is 6.54 Å². The van der Waals surface area contributed by atoms with E-state index < -0.39 is 0 Å². The molecule has 3 rings (SSSR count). The van der Waals surface area contributed by atoms with Gasteiger partial charge in [0.2, 0.25) is 5.91 Å². The van der Waals surface area contributed by atoms with E-state index in [1.165, 1.54) is 9.56 Å². The third-order valence-corrected chi connectivity index (χ3v) is 5.41. The summed E-state index contributed by atoms with van der Waals surface area (Å²) in [7, 11) is 2.09. The minimum Gasteiger partial charge on any atom is -0.368 e. The van der Waals surface area contributed by atoms with Crippen molar-refractivity contribution in [1.29, 1.82) is 0 Å². The molecule has 2 aromatic heterocycles. The summed E-state index contributed by atoms with van der Waals surface area (Å²) in [4.78, 5) is 30.2. The molecule has 2 aromatic rings. The van der Waals surface area contributed by atoms with Crippen LogP contribution in [0.25, 0.3) is 0 Å². The molecule has 0 bridgehead atoms. The number of nitrogens with one attached hydrogen (secondary N) is 1. The van der Waals surface area contributed by atoms with Crippen molar-refractivity contribution in [2.24, 2.45) is 0 Å². The molecule has 3 heterocycles.